The van der Waals surface area contributed by atoms with E-state index >= 15 is 0 Å². The van der Waals surface area contributed by atoms with Crippen LogP contribution >= 0.6 is 0 Å². The normalized spacial score (nSPS) is 34.4. The number of ether oxygens (including phenoxy) is 1. The van der Waals surface area contributed by atoms with Crippen LogP contribution in [0.25, 0.3) is 0 Å². The fraction of sp³-hybridized carbons (Fsp3) is 0.650. The fourth-order valence-electron chi connectivity index (χ4n) is 6.03. The van der Waals surface area contributed by atoms with E-state index in [2.05, 4.69) is 10.6 Å². The summed E-state index contributed by atoms with van der Waals surface area (Å²) in [7, 11) is 0. The molecule has 0 unspecified atom stereocenters. The molecule has 5 heteroatoms. The Bertz CT molecular complexity index is 698. The molecule has 1 aromatic carbocycles. The number of benzene rings is 1. The van der Waals surface area contributed by atoms with Crippen molar-refractivity contribution in [2.75, 3.05) is 6.61 Å². The first-order chi connectivity index (χ1) is 12.2. The number of fused-ring (bicyclic) bond motifs is 3. The number of nitrogens with one attached hydrogen (secondary N) is 2. The number of phenolic OH excluding ortho intramolecular Hbond substituents is 1. The van der Waals surface area contributed by atoms with E-state index in [0.717, 1.165) is 37.0 Å². The van der Waals surface area contributed by atoms with Gasteiger partial charge in [-0.3, -0.25) is 0 Å². The van der Waals surface area contributed by atoms with E-state index in [0.29, 0.717) is 17.8 Å². The molecule has 3 fully saturated rings. The van der Waals surface area contributed by atoms with Crippen LogP contribution in [0, 0.1) is 11.3 Å². The molecule has 5 nitrogen and oxygen atoms in total. The highest BCUT2D eigenvalue weighted by atomic mass is 16.5. The molecular formula is C20H26N2O3. The first kappa shape index (κ1) is 15.5. The van der Waals surface area contributed by atoms with E-state index in [1.54, 1.807) is 6.07 Å². The molecule has 0 radical (unpaired) electrons. The third-order valence-corrected chi connectivity index (χ3v) is 7.12. The minimum atomic E-state index is -0.0668. The van der Waals surface area contributed by atoms with Crippen molar-refractivity contribution in [1.29, 1.82) is 0 Å². The van der Waals surface area contributed by atoms with Gasteiger partial charge in [0.15, 0.2) is 0 Å². The second kappa shape index (κ2) is 5.63. The van der Waals surface area contributed by atoms with Crippen LogP contribution in [0.4, 0.5) is 4.79 Å². The Labute approximate surface area is 148 Å². The Hall–Kier alpha value is -1.75. The Morgan fingerprint density at radius 3 is 2.88 bits per heavy atom. The van der Waals surface area contributed by atoms with E-state index in [4.69, 9.17) is 4.74 Å². The number of hydrogen-bond acceptors (Lipinski definition) is 3. The molecule has 2 amide bonds. The van der Waals surface area contributed by atoms with Gasteiger partial charge in [0.05, 0.1) is 12.1 Å². The van der Waals surface area contributed by atoms with Gasteiger partial charge < -0.3 is 20.5 Å². The van der Waals surface area contributed by atoms with Gasteiger partial charge in [-0.2, -0.15) is 0 Å². The van der Waals surface area contributed by atoms with Gasteiger partial charge in [0.25, 0.3) is 0 Å². The van der Waals surface area contributed by atoms with Gasteiger partial charge in [0, 0.05) is 24.0 Å². The minimum absolute atomic E-state index is 0.00247. The lowest BCUT2D eigenvalue weighted by molar-refractivity contribution is -0.126. The van der Waals surface area contributed by atoms with Crippen LogP contribution in [-0.4, -0.2) is 29.9 Å². The molecule has 0 aromatic heterocycles. The van der Waals surface area contributed by atoms with Crippen molar-refractivity contribution < 1.29 is 14.6 Å². The fourth-order valence-corrected chi connectivity index (χ4v) is 6.03. The first-order valence-electron chi connectivity index (χ1n) is 9.68. The molecule has 1 aromatic rings. The number of aromatic hydroxyl groups is 1. The largest absolute Gasteiger partial charge is 0.508 e. The molecule has 25 heavy (non-hydrogen) atoms. The summed E-state index contributed by atoms with van der Waals surface area (Å²) in [5, 5.41) is 16.4. The predicted octanol–water partition coefficient (Wildman–Crippen LogP) is 3.03. The van der Waals surface area contributed by atoms with E-state index in [1.165, 1.54) is 25.7 Å². The molecule has 1 saturated heterocycles. The predicted molar refractivity (Wildman–Crippen MR) is 93.4 cm³/mol. The third kappa shape index (κ3) is 2.21. The number of carbonyl (C=O) groups is 1. The van der Waals surface area contributed by atoms with Crippen LogP contribution in [0.5, 0.6) is 5.75 Å². The zero-order valence-corrected chi connectivity index (χ0v) is 14.5. The van der Waals surface area contributed by atoms with Gasteiger partial charge in [0.1, 0.15) is 5.75 Å². The first-order valence-corrected chi connectivity index (χ1v) is 9.68. The Morgan fingerprint density at radius 1 is 1.20 bits per heavy atom. The molecule has 4 atom stereocenters. The lowest BCUT2D eigenvalue weighted by Gasteiger charge is -2.56. The topological polar surface area (TPSA) is 70.6 Å². The van der Waals surface area contributed by atoms with Gasteiger partial charge in [-0.1, -0.05) is 25.0 Å². The molecule has 5 rings (SSSR count). The highest BCUT2D eigenvalue weighted by molar-refractivity contribution is 5.75. The molecular weight excluding hydrogens is 316 g/mol. The van der Waals surface area contributed by atoms with Gasteiger partial charge >= 0.3 is 6.03 Å². The van der Waals surface area contributed by atoms with Crippen LogP contribution < -0.4 is 10.6 Å². The van der Waals surface area contributed by atoms with Crippen LogP contribution in [0.3, 0.4) is 0 Å². The summed E-state index contributed by atoms with van der Waals surface area (Å²) < 4.78 is 6.00. The summed E-state index contributed by atoms with van der Waals surface area (Å²) in [4.78, 5) is 12.7. The molecule has 4 aliphatic rings. The number of phenols is 1. The second-order valence-electron chi connectivity index (χ2n) is 8.22. The molecule has 3 N–H and O–H groups in total. The lowest BCUT2D eigenvalue weighted by Crippen LogP contribution is -2.69. The summed E-state index contributed by atoms with van der Waals surface area (Å²) in [5.74, 6) is 0.834. The zero-order valence-electron chi connectivity index (χ0n) is 14.5. The van der Waals surface area contributed by atoms with Gasteiger partial charge in [-0.15, -0.1) is 0 Å². The summed E-state index contributed by atoms with van der Waals surface area (Å²) in [5.41, 5.74) is 2.22. The third-order valence-electron chi connectivity index (χ3n) is 7.12. The number of rotatable bonds is 2. The second-order valence-corrected chi connectivity index (χ2v) is 8.22. The molecule has 134 valence electrons. The summed E-state index contributed by atoms with van der Waals surface area (Å²) in [6, 6.07) is 5.77. The van der Waals surface area contributed by atoms with E-state index < -0.39 is 0 Å². The van der Waals surface area contributed by atoms with E-state index in [-0.39, 0.29) is 23.5 Å². The Morgan fingerprint density at radius 2 is 2.04 bits per heavy atom. The van der Waals surface area contributed by atoms with Crippen molar-refractivity contribution in [3.8, 4) is 5.75 Å². The molecule has 0 bridgehead atoms. The SMILES string of the molecule is O=C(N[C@@H]1[C@@H]2CCO[C@@H]2C12CCCC2)N[C@@H]1CCc2c(O)cccc21. The van der Waals surface area contributed by atoms with E-state index in [9.17, 15) is 9.90 Å². The van der Waals surface area contributed by atoms with Crippen molar-refractivity contribution in [3.63, 3.8) is 0 Å². The quantitative estimate of drug-likeness (QED) is 0.774. The van der Waals surface area contributed by atoms with Gasteiger partial charge in [-0.05, 0) is 49.3 Å². The van der Waals surface area contributed by atoms with Gasteiger partial charge in [-0.25, -0.2) is 4.79 Å². The zero-order chi connectivity index (χ0) is 17.0. The molecule has 1 heterocycles. The monoisotopic (exact) mass is 342 g/mol. The standard InChI is InChI=1S/C20H26N2O3/c23-16-5-3-4-12-13(16)6-7-15(12)21-19(24)22-17-14-8-11-25-18(14)20(17)9-1-2-10-20/h3-5,14-15,17-18,23H,1-2,6-11H2,(H2,21,22,24)/t14-,15+,17+,18-/m0/s1. The molecule has 1 aliphatic heterocycles. The lowest BCUT2D eigenvalue weighted by atomic mass is 9.54. The smallest absolute Gasteiger partial charge is 0.315 e. The molecule has 3 aliphatic carbocycles. The van der Waals surface area contributed by atoms with Crippen LogP contribution in [0.1, 0.15) is 55.7 Å². The Kier molecular flexibility index (Phi) is 3.49. The van der Waals surface area contributed by atoms with E-state index in [1.807, 2.05) is 12.1 Å². The number of amides is 2. The number of carbonyl (C=O) groups excluding carboxylic acids is 1. The maximum Gasteiger partial charge on any atom is 0.315 e. The maximum atomic E-state index is 12.7. The van der Waals surface area contributed by atoms with Crippen LogP contribution in [0.15, 0.2) is 18.2 Å². The van der Waals surface area contributed by atoms with Crippen molar-refractivity contribution in [2.45, 2.75) is 63.1 Å². The average molecular weight is 342 g/mol. The number of urea groups is 1. The molecule has 1 spiro atoms. The van der Waals surface area contributed by atoms with Crippen molar-refractivity contribution >= 4 is 6.03 Å². The molecule has 2 saturated carbocycles. The Balaban J connectivity index is 1.28. The van der Waals surface area contributed by atoms with Crippen molar-refractivity contribution in [3.05, 3.63) is 29.3 Å². The van der Waals surface area contributed by atoms with Crippen molar-refractivity contribution in [1.82, 2.24) is 10.6 Å². The maximum absolute atomic E-state index is 12.7. The number of hydrogen-bond donors (Lipinski definition) is 3. The average Bonchev–Trinajstić information content (AvgIpc) is 3.32. The summed E-state index contributed by atoms with van der Waals surface area (Å²) in [6.45, 7) is 0.839. The van der Waals surface area contributed by atoms with Gasteiger partial charge in [0.2, 0.25) is 0 Å². The minimum Gasteiger partial charge on any atom is -0.508 e. The summed E-state index contributed by atoms with van der Waals surface area (Å²) in [6.07, 6.45) is 7.97. The van der Waals surface area contributed by atoms with Crippen LogP contribution in [0.2, 0.25) is 0 Å². The van der Waals surface area contributed by atoms with Crippen LogP contribution in [-0.2, 0) is 11.2 Å². The summed E-state index contributed by atoms with van der Waals surface area (Å²) >= 11 is 0. The van der Waals surface area contributed by atoms with Crippen molar-refractivity contribution in [2.24, 2.45) is 11.3 Å². The highest BCUT2D eigenvalue weighted by Gasteiger charge is 2.65. The highest BCUT2D eigenvalue weighted by Crippen LogP contribution is 2.60.